The molecular formula is C19H16BrN5OS. The highest BCUT2D eigenvalue weighted by molar-refractivity contribution is 9.10. The summed E-state index contributed by atoms with van der Waals surface area (Å²) in [5.74, 6) is 1.31. The number of rotatable bonds is 6. The predicted octanol–water partition coefficient (Wildman–Crippen LogP) is 4.27. The number of anilines is 1. The number of nitrogens with zero attached hydrogens (tertiary/aromatic N) is 4. The van der Waals surface area contributed by atoms with E-state index in [4.69, 9.17) is 0 Å². The molecule has 4 heterocycles. The number of hydrogen-bond acceptors (Lipinski definition) is 5. The van der Waals surface area contributed by atoms with E-state index in [-0.39, 0.29) is 5.91 Å². The molecule has 136 valence electrons. The van der Waals surface area contributed by atoms with E-state index >= 15 is 0 Å². The number of hydrogen-bond donors (Lipinski definition) is 1. The Balaban J connectivity index is 1.51. The van der Waals surface area contributed by atoms with Crippen LogP contribution in [0.5, 0.6) is 0 Å². The number of imidazole rings is 1. The molecule has 1 amide bonds. The number of nitrogens with one attached hydrogen (secondary N) is 1. The van der Waals surface area contributed by atoms with Crippen LogP contribution in [0, 0.1) is 0 Å². The van der Waals surface area contributed by atoms with Crippen molar-refractivity contribution in [3.63, 3.8) is 0 Å². The van der Waals surface area contributed by atoms with Crippen LogP contribution in [0.15, 0.2) is 58.6 Å². The average molecular weight is 442 g/mol. The van der Waals surface area contributed by atoms with Crippen LogP contribution in [0.2, 0.25) is 0 Å². The number of aryl methyl sites for hydroxylation is 1. The minimum Gasteiger partial charge on any atom is -0.311 e. The normalized spacial score (nSPS) is 11.0. The number of thiophene rings is 1. The quantitative estimate of drug-likeness (QED) is 0.484. The van der Waals surface area contributed by atoms with E-state index in [1.807, 2.05) is 24.3 Å². The van der Waals surface area contributed by atoms with Crippen LogP contribution in [-0.4, -0.2) is 25.4 Å². The number of halogens is 1. The van der Waals surface area contributed by atoms with Gasteiger partial charge in [-0.3, -0.25) is 4.79 Å². The van der Waals surface area contributed by atoms with Gasteiger partial charge in [0.1, 0.15) is 17.2 Å². The molecule has 4 rings (SSSR count). The molecule has 0 radical (unpaired) electrons. The first-order chi connectivity index (χ1) is 13.2. The Morgan fingerprint density at radius 1 is 1.19 bits per heavy atom. The summed E-state index contributed by atoms with van der Waals surface area (Å²) in [7, 11) is 0. The van der Waals surface area contributed by atoms with Gasteiger partial charge in [0.15, 0.2) is 5.65 Å². The van der Waals surface area contributed by atoms with Crippen molar-refractivity contribution in [1.82, 2.24) is 19.5 Å². The second-order valence-corrected chi connectivity index (χ2v) is 7.90. The molecule has 0 aliphatic carbocycles. The molecule has 0 unspecified atom stereocenters. The molecule has 0 spiro atoms. The number of pyridine rings is 2. The molecular weight excluding hydrogens is 426 g/mol. The van der Waals surface area contributed by atoms with Crippen LogP contribution in [0.3, 0.4) is 0 Å². The predicted molar refractivity (Wildman–Crippen MR) is 110 cm³/mol. The zero-order chi connectivity index (χ0) is 18.6. The Bertz CT molecular complexity index is 1060. The van der Waals surface area contributed by atoms with E-state index < -0.39 is 0 Å². The zero-order valence-electron chi connectivity index (χ0n) is 14.3. The van der Waals surface area contributed by atoms with Crippen molar-refractivity contribution < 1.29 is 4.79 Å². The maximum absolute atomic E-state index is 12.3. The van der Waals surface area contributed by atoms with E-state index in [1.54, 1.807) is 29.8 Å². The molecule has 4 aromatic rings. The summed E-state index contributed by atoms with van der Waals surface area (Å²) >= 11 is 5.03. The van der Waals surface area contributed by atoms with Gasteiger partial charge in [-0.25, -0.2) is 15.0 Å². The Labute approximate surface area is 168 Å². The summed E-state index contributed by atoms with van der Waals surface area (Å²) in [6.45, 7) is 0.705. The Morgan fingerprint density at radius 2 is 2.11 bits per heavy atom. The highest BCUT2D eigenvalue weighted by Crippen LogP contribution is 2.19. The van der Waals surface area contributed by atoms with Crippen LogP contribution < -0.4 is 5.32 Å². The van der Waals surface area contributed by atoms with E-state index in [2.05, 4.69) is 52.2 Å². The SMILES string of the molecule is O=C(CCc1nc2cccnc2n1Cc1cccs1)Nc1ccc(Br)cn1. The molecule has 0 aliphatic rings. The molecule has 0 fully saturated rings. The largest absolute Gasteiger partial charge is 0.311 e. The first-order valence-electron chi connectivity index (χ1n) is 8.43. The number of fused-ring (bicyclic) bond motifs is 1. The van der Waals surface area contributed by atoms with Crippen molar-refractivity contribution in [1.29, 1.82) is 0 Å². The second kappa shape index (κ2) is 7.98. The molecule has 0 aromatic carbocycles. The lowest BCUT2D eigenvalue weighted by Gasteiger charge is -2.08. The first kappa shape index (κ1) is 17.8. The minimum atomic E-state index is -0.0903. The summed E-state index contributed by atoms with van der Waals surface area (Å²) in [5, 5.41) is 4.87. The van der Waals surface area contributed by atoms with Crippen molar-refractivity contribution in [3.8, 4) is 0 Å². The fourth-order valence-electron chi connectivity index (χ4n) is 2.80. The summed E-state index contributed by atoms with van der Waals surface area (Å²) in [6, 6.07) is 11.6. The smallest absolute Gasteiger partial charge is 0.225 e. The molecule has 0 bridgehead atoms. The van der Waals surface area contributed by atoms with Crippen LogP contribution in [-0.2, 0) is 17.8 Å². The number of aromatic nitrogens is 4. The van der Waals surface area contributed by atoms with Gasteiger partial charge >= 0.3 is 0 Å². The van der Waals surface area contributed by atoms with Crippen LogP contribution >= 0.6 is 27.3 Å². The van der Waals surface area contributed by atoms with Gasteiger partial charge in [0.25, 0.3) is 0 Å². The third-order valence-corrected chi connectivity index (χ3v) is 5.38. The minimum absolute atomic E-state index is 0.0903. The number of carbonyl (C=O) groups is 1. The van der Waals surface area contributed by atoms with Gasteiger partial charge in [0.2, 0.25) is 5.91 Å². The highest BCUT2D eigenvalue weighted by Gasteiger charge is 2.14. The molecule has 1 N–H and O–H groups in total. The van der Waals surface area contributed by atoms with Gasteiger partial charge in [-0.05, 0) is 51.6 Å². The number of amides is 1. The average Bonchev–Trinajstić information content (AvgIpc) is 3.31. The third kappa shape index (κ3) is 4.23. The lowest BCUT2D eigenvalue weighted by molar-refractivity contribution is -0.116. The molecule has 8 heteroatoms. The topological polar surface area (TPSA) is 72.7 Å². The van der Waals surface area contributed by atoms with E-state index in [0.29, 0.717) is 25.2 Å². The van der Waals surface area contributed by atoms with Gasteiger partial charge in [-0.15, -0.1) is 11.3 Å². The van der Waals surface area contributed by atoms with Gasteiger partial charge < -0.3 is 9.88 Å². The Hall–Kier alpha value is -2.58. The maximum atomic E-state index is 12.3. The lowest BCUT2D eigenvalue weighted by Crippen LogP contribution is -2.15. The molecule has 0 atom stereocenters. The van der Waals surface area contributed by atoms with Gasteiger partial charge in [-0.2, -0.15) is 0 Å². The van der Waals surface area contributed by atoms with Crippen molar-refractivity contribution in [2.24, 2.45) is 0 Å². The van der Waals surface area contributed by atoms with Crippen LogP contribution in [0.1, 0.15) is 17.1 Å². The summed E-state index contributed by atoms with van der Waals surface area (Å²) in [6.07, 6.45) is 4.28. The molecule has 6 nitrogen and oxygen atoms in total. The Morgan fingerprint density at radius 3 is 2.89 bits per heavy atom. The second-order valence-electron chi connectivity index (χ2n) is 5.95. The summed E-state index contributed by atoms with van der Waals surface area (Å²) in [4.78, 5) is 26.9. The van der Waals surface area contributed by atoms with Gasteiger partial charge in [-0.1, -0.05) is 6.07 Å². The highest BCUT2D eigenvalue weighted by atomic mass is 79.9. The zero-order valence-corrected chi connectivity index (χ0v) is 16.7. The van der Waals surface area contributed by atoms with E-state index in [1.165, 1.54) is 4.88 Å². The van der Waals surface area contributed by atoms with Crippen molar-refractivity contribution in [2.45, 2.75) is 19.4 Å². The molecule has 4 aromatic heterocycles. The van der Waals surface area contributed by atoms with Crippen LogP contribution in [0.25, 0.3) is 11.2 Å². The third-order valence-electron chi connectivity index (χ3n) is 4.05. The summed E-state index contributed by atoms with van der Waals surface area (Å²) in [5.41, 5.74) is 1.69. The number of carbonyl (C=O) groups excluding carboxylic acids is 1. The standard InChI is InChI=1S/C19H16BrN5OS/c20-13-5-6-16(22-11-13)24-18(26)8-7-17-23-15-4-1-9-21-19(15)25(17)12-14-3-2-10-27-14/h1-6,9-11H,7-8,12H2,(H,22,24,26). The Kier molecular flexibility index (Phi) is 5.26. The first-order valence-corrected chi connectivity index (χ1v) is 10.1. The maximum Gasteiger partial charge on any atom is 0.225 e. The van der Waals surface area contributed by atoms with Gasteiger partial charge in [0, 0.05) is 34.6 Å². The van der Waals surface area contributed by atoms with E-state index in [9.17, 15) is 4.79 Å². The molecule has 0 saturated heterocycles. The molecule has 0 saturated carbocycles. The van der Waals surface area contributed by atoms with Crippen molar-refractivity contribution in [3.05, 3.63) is 69.3 Å². The fourth-order valence-corrected chi connectivity index (χ4v) is 3.73. The van der Waals surface area contributed by atoms with Gasteiger partial charge in [0.05, 0.1) is 6.54 Å². The van der Waals surface area contributed by atoms with Crippen molar-refractivity contribution in [2.75, 3.05) is 5.32 Å². The molecule has 27 heavy (non-hydrogen) atoms. The molecule has 0 aliphatic heterocycles. The monoisotopic (exact) mass is 441 g/mol. The van der Waals surface area contributed by atoms with Crippen molar-refractivity contribution >= 4 is 50.2 Å². The summed E-state index contributed by atoms with van der Waals surface area (Å²) < 4.78 is 2.96. The van der Waals surface area contributed by atoms with Crippen LogP contribution in [0.4, 0.5) is 5.82 Å². The lowest BCUT2D eigenvalue weighted by atomic mass is 10.2. The van der Waals surface area contributed by atoms with E-state index in [0.717, 1.165) is 21.5 Å². The fraction of sp³-hybridized carbons (Fsp3) is 0.158.